The second-order valence-corrected chi connectivity index (χ2v) is 2.83. The molecular formula is C11H6F2N. The van der Waals surface area contributed by atoms with Crippen LogP contribution < -0.4 is 0 Å². The van der Waals surface area contributed by atoms with E-state index >= 15 is 0 Å². The molecule has 0 amide bonds. The van der Waals surface area contributed by atoms with Gasteiger partial charge in [-0.25, -0.2) is 8.78 Å². The summed E-state index contributed by atoms with van der Waals surface area (Å²) < 4.78 is 25.7. The highest BCUT2D eigenvalue weighted by Crippen LogP contribution is 2.20. The molecule has 0 aliphatic heterocycles. The van der Waals surface area contributed by atoms with Crippen LogP contribution in [0.3, 0.4) is 0 Å². The highest BCUT2D eigenvalue weighted by molar-refractivity contribution is 5.62. The molecule has 0 atom stereocenters. The van der Waals surface area contributed by atoms with Crippen molar-refractivity contribution in [2.45, 2.75) is 0 Å². The van der Waals surface area contributed by atoms with Gasteiger partial charge >= 0.3 is 0 Å². The average Bonchev–Trinajstić information content (AvgIpc) is 2.18. The summed E-state index contributed by atoms with van der Waals surface area (Å²) in [5, 5.41) is 0. The zero-order chi connectivity index (χ0) is 9.97. The number of hydrogen-bond acceptors (Lipinski definition) is 1. The second kappa shape index (κ2) is 3.54. The zero-order valence-electron chi connectivity index (χ0n) is 7.17. The van der Waals surface area contributed by atoms with E-state index in [1.54, 1.807) is 12.1 Å². The first-order valence-electron chi connectivity index (χ1n) is 4.04. The predicted molar refractivity (Wildman–Crippen MR) is 48.4 cm³/mol. The molecule has 14 heavy (non-hydrogen) atoms. The minimum absolute atomic E-state index is 0.487. The first-order valence-corrected chi connectivity index (χ1v) is 4.04. The summed E-state index contributed by atoms with van der Waals surface area (Å²) >= 11 is 0. The second-order valence-electron chi connectivity index (χ2n) is 2.83. The number of halogens is 2. The minimum Gasteiger partial charge on any atom is -0.255 e. The van der Waals surface area contributed by atoms with Gasteiger partial charge in [-0.05, 0) is 35.4 Å². The van der Waals surface area contributed by atoms with E-state index in [-0.39, 0.29) is 0 Å². The predicted octanol–water partition coefficient (Wildman–Crippen LogP) is 2.83. The third kappa shape index (κ3) is 1.76. The van der Waals surface area contributed by atoms with E-state index in [2.05, 4.69) is 11.2 Å². The van der Waals surface area contributed by atoms with Gasteiger partial charge in [-0.3, -0.25) is 4.98 Å². The van der Waals surface area contributed by atoms with Gasteiger partial charge in [0.1, 0.15) is 11.6 Å². The third-order valence-electron chi connectivity index (χ3n) is 1.82. The fourth-order valence-corrected chi connectivity index (χ4v) is 1.22. The molecule has 0 N–H and O–H groups in total. The SMILES string of the molecule is Fc1cc(F)cc(-c2c[c]ncc2)c1. The van der Waals surface area contributed by atoms with Crippen molar-refractivity contribution >= 4 is 0 Å². The molecule has 2 rings (SSSR count). The van der Waals surface area contributed by atoms with Gasteiger partial charge in [0, 0.05) is 12.3 Å². The Bertz CT molecular complexity index is 420. The Morgan fingerprint density at radius 2 is 1.71 bits per heavy atom. The quantitative estimate of drug-likeness (QED) is 0.673. The van der Waals surface area contributed by atoms with Crippen molar-refractivity contribution in [1.29, 1.82) is 0 Å². The molecule has 0 saturated heterocycles. The van der Waals surface area contributed by atoms with Crippen LogP contribution in [0.25, 0.3) is 11.1 Å². The fourth-order valence-electron chi connectivity index (χ4n) is 1.22. The van der Waals surface area contributed by atoms with Crippen molar-refractivity contribution in [3.63, 3.8) is 0 Å². The Balaban J connectivity index is 2.52. The molecule has 1 radical (unpaired) electrons. The van der Waals surface area contributed by atoms with E-state index < -0.39 is 11.6 Å². The maximum absolute atomic E-state index is 12.8. The highest BCUT2D eigenvalue weighted by Gasteiger charge is 2.02. The Morgan fingerprint density at radius 3 is 2.29 bits per heavy atom. The monoisotopic (exact) mass is 190 g/mol. The molecule has 1 aromatic heterocycles. The number of rotatable bonds is 1. The zero-order valence-corrected chi connectivity index (χ0v) is 7.17. The van der Waals surface area contributed by atoms with Crippen molar-refractivity contribution in [3.05, 3.63) is 54.4 Å². The first kappa shape index (κ1) is 8.81. The van der Waals surface area contributed by atoms with E-state index in [1.807, 2.05) is 0 Å². The van der Waals surface area contributed by atoms with E-state index in [4.69, 9.17) is 0 Å². The van der Waals surface area contributed by atoms with Gasteiger partial charge in [0.15, 0.2) is 0 Å². The summed E-state index contributed by atoms with van der Waals surface area (Å²) in [4.78, 5) is 3.70. The summed E-state index contributed by atoms with van der Waals surface area (Å²) in [5.41, 5.74) is 1.18. The van der Waals surface area contributed by atoms with Gasteiger partial charge in [0.05, 0.1) is 6.20 Å². The molecule has 0 saturated carbocycles. The molecule has 0 fully saturated rings. The molecule has 3 heteroatoms. The summed E-state index contributed by atoms with van der Waals surface area (Å²) in [5.74, 6) is -1.17. The molecular weight excluding hydrogens is 184 g/mol. The largest absolute Gasteiger partial charge is 0.255 e. The van der Waals surface area contributed by atoms with Crippen LogP contribution in [0.2, 0.25) is 0 Å². The molecule has 2 aromatic rings. The lowest BCUT2D eigenvalue weighted by atomic mass is 10.1. The summed E-state index contributed by atoms with van der Waals surface area (Å²) in [7, 11) is 0. The van der Waals surface area contributed by atoms with Gasteiger partial charge in [-0.2, -0.15) is 0 Å². The van der Waals surface area contributed by atoms with Crippen molar-refractivity contribution < 1.29 is 8.78 Å². The van der Waals surface area contributed by atoms with Crippen molar-refractivity contribution in [1.82, 2.24) is 4.98 Å². The van der Waals surface area contributed by atoms with E-state index in [0.717, 1.165) is 6.07 Å². The highest BCUT2D eigenvalue weighted by atomic mass is 19.1. The van der Waals surface area contributed by atoms with E-state index in [0.29, 0.717) is 11.1 Å². The fraction of sp³-hybridized carbons (Fsp3) is 0. The van der Waals surface area contributed by atoms with Crippen molar-refractivity contribution in [2.24, 2.45) is 0 Å². The van der Waals surface area contributed by atoms with Gasteiger partial charge in [-0.15, -0.1) is 0 Å². The Morgan fingerprint density at radius 1 is 1.00 bits per heavy atom. The van der Waals surface area contributed by atoms with Gasteiger partial charge in [0.2, 0.25) is 0 Å². The first-order chi connectivity index (χ1) is 6.75. The topological polar surface area (TPSA) is 12.9 Å². The van der Waals surface area contributed by atoms with Crippen LogP contribution in [0, 0.1) is 17.8 Å². The van der Waals surface area contributed by atoms with Crippen LogP contribution >= 0.6 is 0 Å². The smallest absolute Gasteiger partial charge is 0.126 e. The number of hydrogen-bond donors (Lipinski definition) is 0. The molecule has 0 spiro atoms. The van der Waals surface area contributed by atoms with E-state index in [9.17, 15) is 8.78 Å². The normalized spacial score (nSPS) is 10.1. The maximum Gasteiger partial charge on any atom is 0.126 e. The van der Waals surface area contributed by atoms with Crippen LogP contribution in [0.4, 0.5) is 8.78 Å². The molecule has 0 bridgehead atoms. The van der Waals surface area contributed by atoms with Crippen LogP contribution in [-0.4, -0.2) is 4.98 Å². The third-order valence-corrected chi connectivity index (χ3v) is 1.82. The molecule has 0 unspecified atom stereocenters. The molecule has 1 nitrogen and oxygen atoms in total. The van der Waals surface area contributed by atoms with Crippen LogP contribution in [-0.2, 0) is 0 Å². The number of aromatic nitrogens is 1. The van der Waals surface area contributed by atoms with Crippen LogP contribution in [0.5, 0.6) is 0 Å². The lowest BCUT2D eigenvalue weighted by Crippen LogP contribution is -1.84. The number of pyridine rings is 1. The van der Waals surface area contributed by atoms with E-state index in [1.165, 1.54) is 18.3 Å². The molecule has 69 valence electrons. The number of benzene rings is 1. The Labute approximate surface area is 80.0 Å². The Kier molecular flexibility index (Phi) is 2.23. The summed E-state index contributed by atoms with van der Waals surface area (Å²) in [6.07, 6.45) is 4.13. The molecule has 0 aliphatic rings. The van der Waals surface area contributed by atoms with Crippen LogP contribution in [0.1, 0.15) is 0 Å². The lowest BCUT2D eigenvalue weighted by Gasteiger charge is -2.00. The maximum atomic E-state index is 12.8. The lowest BCUT2D eigenvalue weighted by molar-refractivity contribution is 0.584. The molecule has 0 aliphatic carbocycles. The molecule has 1 aromatic carbocycles. The van der Waals surface area contributed by atoms with Gasteiger partial charge in [0.25, 0.3) is 0 Å². The van der Waals surface area contributed by atoms with Crippen LogP contribution in [0.15, 0.2) is 36.5 Å². The number of nitrogens with zero attached hydrogens (tertiary/aromatic N) is 1. The average molecular weight is 190 g/mol. The summed E-state index contributed by atoms with van der Waals surface area (Å²) in [6.45, 7) is 0. The van der Waals surface area contributed by atoms with Gasteiger partial charge < -0.3 is 0 Å². The van der Waals surface area contributed by atoms with Crippen molar-refractivity contribution in [2.75, 3.05) is 0 Å². The Hall–Kier alpha value is -1.77. The van der Waals surface area contributed by atoms with Crippen molar-refractivity contribution in [3.8, 4) is 11.1 Å². The minimum atomic E-state index is -0.586. The summed E-state index contributed by atoms with van der Waals surface area (Å²) in [6, 6.07) is 6.63. The van der Waals surface area contributed by atoms with Gasteiger partial charge in [-0.1, -0.05) is 0 Å². The molecule has 1 heterocycles. The standard InChI is InChI=1S/C11H6F2N/c12-10-5-9(6-11(13)7-10)8-1-3-14-4-2-8/h1-3,5-7H.